The summed E-state index contributed by atoms with van der Waals surface area (Å²) >= 11 is 0. The van der Waals surface area contributed by atoms with E-state index in [0.717, 1.165) is 11.3 Å². The minimum Gasteiger partial charge on any atom is -0.304 e. The normalized spacial score (nSPS) is 10.1. The van der Waals surface area contributed by atoms with Crippen LogP contribution in [-0.2, 0) is 20.1 Å². The van der Waals surface area contributed by atoms with E-state index in [4.69, 9.17) is 0 Å². The molecule has 0 saturated carbocycles. The zero-order chi connectivity index (χ0) is 11.7. The Morgan fingerprint density at radius 1 is 1.06 bits per heavy atom. The number of nitrogens with zero attached hydrogens (tertiary/aromatic N) is 1. The molecule has 2 heteroatoms. The van der Waals surface area contributed by atoms with Crippen LogP contribution in [0.25, 0.3) is 22.0 Å². The second kappa shape index (κ2) is 5.43. The van der Waals surface area contributed by atoms with Crippen LogP contribution >= 0.6 is 0 Å². The Kier molecular flexibility index (Phi) is 3.90. The molecule has 91 valence electrons. The molecule has 1 radical (unpaired) electrons. The predicted molar refractivity (Wildman–Crippen MR) is 70.8 cm³/mol. The molecular formula is C16H12IrN-. The first-order valence-corrected chi connectivity index (χ1v) is 5.67. The molecule has 1 nitrogen and oxygen atoms in total. The first-order valence-electron chi connectivity index (χ1n) is 5.67. The van der Waals surface area contributed by atoms with Crippen molar-refractivity contribution in [2.45, 2.75) is 6.92 Å². The van der Waals surface area contributed by atoms with E-state index in [9.17, 15) is 0 Å². The quantitative estimate of drug-likeness (QED) is 0.553. The third kappa shape index (κ3) is 2.35. The number of hydrogen-bond acceptors (Lipinski definition) is 1. The van der Waals surface area contributed by atoms with Gasteiger partial charge in [0.1, 0.15) is 0 Å². The SMILES string of the molecule is Cc1cc[c-]c(-c2nccc3ccccc23)c1.[Ir]. The molecule has 0 spiro atoms. The van der Waals surface area contributed by atoms with Crippen LogP contribution in [0.15, 0.2) is 54.7 Å². The van der Waals surface area contributed by atoms with Crippen LogP contribution in [0.3, 0.4) is 0 Å². The van der Waals surface area contributed by atoms with Crippen LogP contribution < -0.4 is 0 Å². The van der Waals surface area contributed by atoms with Gasteiger partial charge in [0.15, 0.2) is 0 Å². The molecule has 0 fully saturated rings. The molecule has 0 unspecified atom stereocenters. The van der Waals surface area contributed by atoms with Gasteiger partial charge in [-0.3, -0.25) is 0 Å². The zero-order valence-electron chi connectivity index (χ0n) is 9.98. The maximum atomic E-state index is 4.49. The molecule has 0 atom stereocenters. The molecule has 0 aliphatic carbocycles. The van der Waals surface area contributed by atoms with E-state index in [2.05, 4.69) is 42.2 Å². The average molecular weight is 410 g/mol. The van der Waals surface area contributed by atoms with Gasteiger partial charge in [0, 0.05) is 26.3 Å². The second-order valence-electron chi connectivity index (χ2n) is 4.16. The number of hydrogen-bond donors (Lipinski definition) is 0. The molecule has 0 aliphatic rings. The van der Waals surface area contributed by atoms with Gasteiger partial charge in [-0.2, -0.15) is 0 Å². The van der Waals surface area contributed by atoms with Crippen molar-refractivity contribution in [3.8, 4) is 11.3 Å². The van der Waals surface area contributed by atoms with Gasteiger partial charge in [-0.15, -0.1) is 35.4 Å². The minimum absolute atomic E-state index is 0. The Bertz CT molecular complexity index is 671. The van der Waals surface area contributed by atoms with Crippen molar-refractivity contribution in [2.24, 2.45) is 0 Å². The zero-order valence-corrected chi connectivity index (χ0v) is 12.4. The predicted octanol–water partition coefficient (Wildman–Crippen LogP) is 4.01. The molecule has 1 aromatic heterocycles. The summed E-state index contributed by atoms with van der Waals surface area (Å²) in [6, 6.07) is 19.7. The van der Waals surface area contributed by atoms with Crippen molar-refractivity contribution in [1.29, 1.82) is 0 Å². The van der Waals surface area contributed by atoms with Crippen molar-refractivity contribution >= 4 is 10.8 Å². The van der Waals surface area contributed by atoms with E-state index < -0.39 is 0 Å². The van der Waals surface area contributed by atoms with Crippen molar-refractivity contribution in [2.75, 3.05) is 0 Å². The van der Waals surface area contributed by atoms with E-state index in [0.29, 0.717) is 0 Å². The topological polar surface area (TPSA) is 12.9 Å². The number of benzene rings is 2. The Hall–Kier alpha value is -1.50. The average Bonchev–Trinajstić information content (AvgIpc) is 2.38. The maximum absolute atomic E-state index is 4.49. The van der Waals surface area contributed by atoms with Crippen molar-refractivity contribution in [1.82, 2.24) is 4.98 Å². The third-order valence-electron chi connectivity index (χ3n) is 2.89. The monoisotopic (exact) mass is 411 g/mol. The molecule has 1 heterocycles. The van der Waals surface area contributed by atoms with Gasteiger partial charge >= 0.3 is 0 Å². The molecule has 3 rings (SSSR count). The smallest absolute Gasteiger partial charge is 0.0167 e. The van der Waals surface area contributed by atoms with Crippen molar-refractivity contribution in [3.63, 3.8) is 0 Å². The van der Waals surface area contributed by atoms with Gasteiger partial charge in [0.05, 0.1) is 0 Å². The van der Waals surface area contributed by atoms with Crippen LogP contribution in [0.2, 0.25) is 0 Å². The van der Waals surface area contributed by atoms with E-state index in [1.54, 1.807) is 0 Å². The fraction of sp³-hybridized carbons (Fsp3) is 0.0625. The summed E-state index contributed by atoms with van der Waals surface area (Å²) in [6.45, 7) is 2.09. The van der Waals surface area contributed by atoms with Gasteiger partial charge in [-0.1, -0.05) is 31.2 Å². The third-order valence-corrected chi connectivity index (χ3v) is 2.89. The molecular weight excluding hydrogens is 398 g/mol. The van der Waals surface area contributed by atoms with E-state index in [1.807, 2.05) is 30.5 Å². The van der Waals surface area contributed by atoms with Gasteiger partial charge < -0.3 is 4.98 Å². The number of fused-ring (bicyclic) bond motifs is 1. The largest absolute Gasteiger partial charge is 0.304 e. The summed E-state index contributed by atoms with van der Waals surface area (Å²) in [5, 5.41) is 2.39. The van der Waals surface area contributed by atoms with Crippen molar-refractivity contribution in [3.05, 3.63) is 66.4 Å². The Morgan fingerprint density at radius 3 is 2.72 bits per heavy atom. The Labute approximate surface area is 120 Å². The molecule has 0 aliphatic heterocycles. The number of aromatic nitrogens is 1. The summed E-state index contributed by atoms with van der Waals surface area (Å²) in [7, 11) is 0. The van der Waals surface area contributed by atoms with Gasteiger partial charge in [0.25, 0.3) is 0 Å². The number of pyridine rings is 1. The molecule has 0 N–H and O–H groups in total. The van der Waals surface area contributed by atoms with Gasteiger partial charge in [-0.25, -0.2) is 0 Å². The van der Waals surface area contributed by atoms with Crippen LogP contribution in [-0.4, -0.2) is 4.98 Å². The Morgan fingerprint density at radius 2 is 1.89 bits per heavy atom. The fourth-order valence-corrected chi connectivity index (χ4v) is 2.05. The van der Waals surface area contributed by atoms with Crippen LogP contribution in [0.4, 0.5) is 0 Å². The summed E-state index contributed by atoms with van der Waals surface area (Å²) in [5.41, 5.74) is 3.29. The summed E-state index contributed by atoms with van der Waals surface area (Å²) in [5.74, 6) is 0. The molecule has 0 saturated heterocycles. The summed E-state index contributed by atoms with van der Waals surface area (Å²) in [6.07, 6.45) is 1.86. The van der Waals surface area contributed by atoms with E-state index in [-0.39, 0.29) is 20.1 Å². The number of aryl methyl sites for hydroxylation is 1. The molecule has 0 amide bonds. The fourth-order valence-electron chi connectivity index (χ4n) is 2.05. The summed E-state index contributed by atoms with van der Waals surface area (Å²) in [4.78, 5) is 4.49. The van der Waals surface area contributed by atoms with Gasteiger partial charge in [-0.05, 0) is 22.5 Å². The second-order valence-corrected chi connectivity index (χ2v) is 4.16. The minimum atomic E-state index is 0. The maximum Gasteiger partial charge on any atom is 0.0167 e. The first kappa shape index (κ1) is 12.9. The molecule has 3 aromatic rings. The molecule has 18 heavy (non-hydrogen) atoms. The molecule has 0 bridgehead atoms. The van der Waals surface area contributed by atoms with E-state index in [1.165, 1.54) is 16.3 Å². The standard InChI is InChI=1S/C16H12N.Ir/c1-12-5-4-7-14(11-12)16-15-8-3-2-6-13(15)9-10-17-16;/h2-6,8-11H,1H3;/q-1;. The van der Waals surface area contributed by atoms with Gasteiger partial charge in [0.2, 0.25) is 0 Å². The summed E-state index contributed by atoms with van der Waals surface area (Å²) < 4.78 is 0. The van der Waals surface area contributed by atoms with Crippen LogP contribution in [0.5, 0.6) is 0 Å². The van der Waals surface area contributed by atoms with Crippen LogP contribution in [0.1, 0.15) is 5.56 Å². The van der Waals surface area contributed by atoms with Crippen molar-refractivity contribution < 1.29 is 20.1 Å². The van der Waals surface area contributed by atoms with Crippen LogP contribution in [0, 0.1) is 13.0 Å². The first-order chi connectivity index (χ1) is 8.34. The number of rotatable bonds is 1. The Balaban J connectivity index is 0.00000120. The molecule has 2 aromatic carbocycles. The van der Waals surface area contributed by atoms with E-state index >= 15 is 0 Å².